The van der Waals surface area contributed by atoms with Crippen LogP contribution in [0.25, 0.3) is 0 Å². The first-order valence-corrected chi connectivity index (χ1v) is 8.59. The number of ether oxygens (including phenoxy) is 1. The number of aliphatic hydroxyl groups is 1. The van der Waals surface area contributed by atoms with Gasteiger partial charge in [0.1, 0.15) is 0 Å². The Morgan fingerprint density at radius 1 is 1.33 bits per heavy atom. The van der Waals surface area contributed by atoms with Crippen molar-refractivity contribution in [3.8, 4) is 0 Å². The minimum Gasteiger partial charge on any atom is -0.396 e. The van der Waals surface area contributed by atoms with E-state index in [0.717, 1.165) is 12.0 Å². The van der Waals surface area contributed by atoms with Crippen LogP contribution in [0.3, 0.4) is 0 Å². The van der Waals surface area contributed by atoms with Gasteiger partial charge in [0, 0.05) is 37.6 Å². The normalized spacial score (nSPS) is 26.3. The van der Waals surface area contributed by atoms with Gasteiger partial charge in [-0.2, -0.15) is 0 Å². The first-order valence-electron chi connectivity index (χ1n) is 8.59. The second kappa shape index (κ2) is 7.53. The second-order valence-corrected chi connectivity index (χ2v) is 7.39. The summed E-state index contributed by atoms with van der Waals surface area (Å²) in [6.07, 6.45) is 1.43. The first-order chi connectivity index (χ1) is 11.3. The van der Waals surface area contributed by atoms with Crippen LogP contribution in [0.15, 0.2) is 30.3 Å². The van der Waals surface area contributed by atoms with Gasteiger partial charge >= 0.3 is 6.03 Å². The van der Waals surface area contributed by atoms with Crippen LogP contribution in [0.1, 0.15) is 45.1 Å². The summed E-state index contributed by atoms with van der Waals surface area (Å²) in [7, 11) is 1.72. The van der Waals surface area contributed by atoms with Crippen molar-refractivity contribution >= 4 is 6.03 Å². The van der Waals surface area contributed by atoms with Crippen molar-refractivity contribution in [1.29, 1.82) is 0 Å². The van der Waals surface area contributed by atoms with E-state index in [2.05, 4.69) is 31.4 Å². The summed E-state index contributed by atoms with van der Waals surface area (Å²) in [6, 6.07) is 9.90. The summed E-state index contributed by atoms with van der Waals surface area (Å²) < 4.78 is 5.59. The summed E-state index contributed by atoms with van der Waals surface area (Å²) in [4.78, 5) is 12.2. The number of urea groups is 1. The van der Waals surface area contributed by atoms with Gasteiger partial charge in [-0.1, -0.05) is 44.2 Å². The Morgan fingerprint density at radius 3 is 2.54 bits per heavy atom. The average Bonchev–Trinajstić information content (AvgIpc) is 2.58. The molecular weight excluding hydrogens is 304 g/mol. The molecule has 3 atom stereocenters. The molecule has 2 rings (SSSR count). The largest absolute Gasteiger partial charge is 0.396 e. The Bertz CT molecular complexity index is 547. The quantitative estimate of drug-likeness (QED) is 0.718. The Balaban J connectivity index is 1.86. The molecule has 134 valence electrons. The van der Waals surface area contributed by atoms with Gasteiger partial charge in [0.25, 0.3) is 0 Å². The highest BCUT2D eigenvalue weighted by atomic mass is 16.5. The predicted molar refractivity (Wildman–Crippen MR) is 95.0 cm³/mol. The molecule has 0 heterocycles. The van der Waals surface area contributed by atoms with Crippen LogP contribution in [-0.2, 0) is 4.74 Å². The Labute approximate surface area is 144 Å². The van der Waals surface area contributed by atoms with Crippen LogP contribution < -0.4 is 10.6 Å². The van der Waals surface area contributed by atoms with Gasteiger partial charge in [-0.25, -0.2) is 4.79 Å². The first kappa shape index (κ1) is 18.7. The van der Waals surface area contributed by atoms with Crippen LogP contribution in [0.5, 0.6) is 0 Å². The van der Waals surface area contributed by atoms with E-state index in [1.165, 1.54) is 0 Å². The van der Waals surface area contributed by atoms with Crippen molar-refractivity contribution in [2.45, 2.75) is 51.2 Å². The molecule has 0 aliphatic heterocycles. The average molecular weight is 334 g/mol. The molecule has 1 aliphatic rings. The number of methoxy groups -OCH3 is 1. The number of carbonyl (C=O) groups excluding carboxylic acids is 1. The van der Waals surface area contributed by atoms with E-state index in [9.17, 15) is 9.90 Å². The molecule has 0 bridgehead atoms. The molecule has 0 radical (unpaired) electrons. The van der Waals surface area contributed by atoms with E-state index < -0.39 is 0 Å². The summed E-state index contributed by atoms with van der Waals surface area (Å²) in [5, 5.41) is 15.3. The van der Waals surface area contributed by atoms with Gasteiger partial charge in [0.2, 0.25) is 0 Å². The van der Waals surface area contributed by atoms with Crippen molar-refractivity contribution in [2.24, 2.45) is 5.41 Å². The van der Waals surface area contributed by atoms with E-state index in [1.807, 2.05) is 30.3 Å². The number of aliphatic hydroxyl groups excluding tert-OH is 1. The number of nitrogens with one attached hydrogen (secondary N) is 2. The highest BCUT2D eigenvalue weighted by Crippen LogP contribution is 2.51. The molecule has 2 amide bonds. The summed E-state index contributed by atoms with van der Waals surface area (Å²) in [5.74, 6) is 0.112. The molecule has 3 N–H and O–H groups in total. The summed E-state index contributed by atoms with van der Waals surface area (Å²) in [5.41, 5.74) is 0.819. The van der Waals surface area contributed by atoms with E-state index >= 15 is 0 Å². The zero-order valence-electron chi connectivity index (χ0n) is 15.1. The van der Waals surface area contributed by atoms with E-state index in [0.29, 0.717) is 13.0 Å². The number of hydrogen-bond acceptors (Lipinski definition) is 3. The van der Waals surface area contributed by atoms with Crippen molar-refractivity contribution in [1.82, 2.24) is 10.6 Å². The van der Waals surface area contributed by atoms with Gasteiger partial charge in [-0.3, -0.25) is 0 Å². The highest BCUT2D eigenvalue weighted by Gasteiger charge is 2.58. The lowest BCUT2D eigenvalue weighted by Crippen LogP contribution is -2.69. The third kappa shape index (κ3) is 3.73. The molecule has 1 aliphatic carbocycles. The molecule has 1 saturated carbocycles. The van der Waals surface area contributed by atoms with Crippen LogP contribution in [0.2, 0.25) is 0 Å². The lowest BCUT2D eigenvalue weighted by Gasteiger charge is -2.59. The molecule has 1 fully saturated rings. The van der Waals surface area contributed by atoms with Gasteiger partial charge in [0.15, 0.2) is 0 Å². The molecule has 24 heavy (non-hydrogen) atoms. The van der Waals surface area contributed by atoms with E-state index in [4.69, 9.17) is 4.74 Å². The molecule has 3 unspecified atom stereocenters. The zero-order valence-corrected chi connectivity index (χ0v) is 15.1. The van der Waals surface area contributed by atoms with Crippen LogP contribution >= 0.6 is 0 Å². The van der Waals surface area contributed by atoms with Crippen LogP contribution in [0, 0.1) is 5.41 Å². The maximum absolute atomic E-state index is 12.2. The fourth-order valence-electron chi connectivity index (χ4n) is 3.42. The number of benzene rings is 1. The number of rotatable bonds is 7. The standard InChI is InChI=1S/C19H30N2O3/c1-18(2)16(12-19(18,3)24-4)21-17(23)20-13-15(10-11-22)14-8-6-5-7-9-14/h5-9,15-16,22H,10-13H2,1-4H3,(H2,20,21,23). The molecule has 0 saturated heterocycles. The van der Waals surface area contributed by atoms with Crippen molar-refractivity contribution in [3.05, 3.63) is 35.9 Å². The van der Waals surface area contributed by atoms with Gasteiger partial charge in [-0.15, -0.1) is 0 Å². The van der Waals surface area contributed by atoms with Crippen molar-refractivity contribution in [3.63, 3.8) is 0 Å². The van der Waals surface area contributed by atoms with E-state index in [1.54, 1.807) is 7.11 Å². The minimum absolute atomic E-state index is 0.0930. The fourth-order valence-corrected chi connectivity index (χ4v) is 3.42. The monoisotopic (exact) mass is 334 g/mol. The van der Waals surface area contributed by atoms with Gasteiger partial charge in [0.05, 0.1) is 5.60 Å². The molecule has 0 spiro atoms. The third-order valence-corrected chi connectivity index (χ3v) is 5.84. The lowest BCUT2D eigenvalue weighted by atomic mass is 9.56. The van der Waals surface area contributed by atoms with Gasteiger partial charge < -0.3 is 20.5 Å². The third-order valence-electron chi connectivity index (χ3n) is 5.84. The number of carbonyl (C=O) groups is 1. The van der Waals surface area contributed by atoms with E-state index in [-0.39, 0.29) is 35.6 Å². The maximum Gasteiger partial charge on any atom is 0.315 e. The Morgan fingerprint density at radius 2 is 2.00 bits per heavy atom. The molecular formula is C19H30N2O3. The molecule has 5 nitrogen and oxygen atoms in total. The lowest BCUT2D eigenvalue weighted by molar-refractivity contribution is -0.177. The Hall–Kier alpha value is -1.59. The second-order valence-electron chi connectivity index (χ2n) is 7.39. The van der Waals surface area contributed by atoms with Crippen LogP contribution in [-0.4, -0.2) is 43.0 Å². The van der Waals surface area contributed by atoms with Crippen molar-refractivity contribution < 1.29 is 14.6 Å². The minimum atomic E-state index is -0.200. The molecule has 5 heteroatoms. The number of hydrogen-bond donors (Lipinski definition) is 3. The zero-order chi connectivity index (χ0) is 17.8. The summed E-state index contributed by atoms with van der Waals surface area (Å²) in [6.45, 7) is 6.92. The number of amides is 2. The fraction of sp³-hybridized carbons (Fsp3) is 0.632. The summed E-state index contributed by atoms with van der Waals surface area (Å²) >= 11 is 0. The predicted octanol–water partition coefficient (Wildman–Crippen LogP) is 2.66. The maximum atomic E-state index is 12.2. The molecule has 1 aromatic carbocycles. The SMILES string of the molecule is COC1(C)CC(NC(=O)NCC(CCO)c2ccccc2)C1(C)C. The van der Waals surface area contributed by atoms with Gasteiger partial charge in [-0.05, 0) is 25.3 Å². The van der Waals surface area contributed by atoms with Crippen molar-refractivity contribution in [2.75, 3.05) is 20.3 Å². The highest BCUT2D eigenvalue weighted by molar-refractivity contribution is 5.74. The topological polar surface area (TPSA) is 70.6 Å². The molecule has 0 aromatic heterocycles. The smallest absolute Gasteiger partial charge is 0.315 e. The molecule has 1 aromatic rings. The van der Waals surface area contributed by atoms with Crippen LogP contribution in [0.4, 0.5) is 4.79 Å². The Kier molecular flexibility index (Phi) is 5.88.